The Hall–Kier alpha value is -1.000. The molecule has 0 amide bonds. The minimum absolute atomic E-state index is 0. The molecule has 0 bridgehead atoms. The summed E-state index contributed by atoms with van der Waals surface area (Å²) in [6, 6.07) is 8.41. The van der Waals surface area contributed by atoms with E-state index in [0.717, 1.165) is 5.69 Å². The Labute approximate surface area is 139 Å². The Morgan fingerprint density at radius 2 is 1.75 bits per heavy atom. The molecule has 108 valence electrons. The van der Waals surface area contributed by atoms with Gasteiger partial charge in [0.15, 0.2) is 5.78 Å². The van der Waals surface area contributed by atoms with Gasteiger partial charge in [-0.3, -0.25) is 9.78 Å². The zero-order valence-corrected chi connectivity index (χ0v) is 13.3. The molecule has 1 aromatic heterocycles. The van der Waals surface area contributed by atoms with Gasteiger partial charge < -0.3 is 5.32 Å². The Morgan fingerprint density at radius 3 is 2.35 bits per heavy atom. The van der Waals surface area contributed by atoms with Crippen molar-refractivity contribution in [2.75, 3.05) is 11.9 Å². The molecule has 20 heavy (non-hydrogen) atoms. The van der Waals surface area contributed by atoms with Gasteiger partial charge in [0.05, 0.1) is 11.6 Å². The van der Waals surface area contributed by atoms with Crippen LogP contribution >= 0.6 is 48.0 Å². The second kappa shape index (κ2) is 9.03. The lowest BCUT2D eigenvalue weighted by molar-refractivity contribution is 0.101. The molecule has 0 spiro atoms. The number of benzene rings is 1. The van der Waals surface area contributed by atoms with Gasteiger partial charge >= 0.3 is 0 Å². The zero-order valence-electron chi connectivity index (χ0n) is 10.2. The van der Waals surface area contributed by atoms with Gasteiger partial charge in [0, 0.05) is 28.7 Å². The summed E-state index contributed by atoms with van der Waals surface area (Å²) in [5.74, 6) is -0.0894. The molecule has 2 aromatic rings. The Morgan fingerprint density at radius 1 is 1.10 bits per heavy atom. The summed E-state index contributed by atoms with van der Waals surface area (Å²) in [5, 5.41) is 3.88. The average molecular weight is 354 g/mol. The lowest BCUT2D eigenvalue weighted by atomic mass is 10.1. The third-order valence-corrected chi connectivity index (χ3v) is 2.91. The Bertz CT molecular complexity index is 564. The number of pyridine rings is 1. The summed E-state index contributed by atoms with van der Waals surface area (Å²) in [5.41, 5.74) is 1.30. The van der Waals surface area contributed by atoms with Gasteiger partial charge in [0.1, 0.15) is 0 Å². The van der Waals surface area contributed by atoms with Gasteiger partial charge in [-0.15, -0.1) is 24.8 Å². The van der Waals surface area contributed by atoms with Gasteiger partial charge in [0.2, 0.25) is 0 Å². The van der Waals surface area contributed by atoms with Crippen LogP contribution in [-0.2, 0) is 0 Å². The van der Waals surface area contributed by atoms with Gasteiger partial charge in [-0.1, -0.05) is 23.2 Å². The van der Waals surface area contributed by atoms with Gasteiger partial charge in [-0.25, -0.2) is 0 Å². The third kappa shape index (κ3) is 5.17. The number of anilines is 1. The molecule has 1 N–H and O–H groups in total. The molecular weight excluding hydrogens is 342 g/mol. The number of halogens is 4. The predicted molar refractivity (Wildman–Crippen MR) is 88.0 cm³/mol. The second-order valence-electron chi connectivity index (χ2n) is 3.64. The molecule has 0 unspecified atom stereocenters. The van der Waals surface area contributed by atoms with Crippen molar-refractivity contribution < 1.29 is 4.79 Å². The van der Waals surface area contributed by atoms with Crippen LogP contribution in [0.5, 0.6) is 0 Å². The number of hydrogen-bond donors (Lipinski definition) is 1. The fourth-order valence-electron chi connectivity index (χ4n) is 1.46. The van der Waals surface area contributed by atoms with Gasteiger partial charge in [-0.2, -0.15) is 0 Å². The highest BCUT2D eigenvalue weighted by Crippen LogP contribution is 2.21. The first-order valence-corrected chi connectivity index (χ1v) is 6.04. The van der Waals surface area contributed by atoms with E-state index in [2.05, 4.69) is 10.3 Å². The fourth-order valence-corrected chi connectivity index (χ4v) is 1.98. The summed E-state index contributed by atoms with van der Waals surface area (Å²) in [4.78, 5) is 15.8. The van der Waals surface area contributed by atoms with Crippen molar-refractivity contribution in [2.45, 2.75) is 0 Å². The van der Waals surface area contributed by atoms with Crippen LogP contribution in [0.15, 0.2) is 42.7 Å². The molecule has 0 radical (unpaired) electrons. The fraction of sp³-hybridized carbons (Fsp3) is 0.0769. The van der Waals surface area contributed by atoms with Gasteiger partial charge in [0.25, 0.3) is 0 Å². The molecule has 0 aliphatic carbocycles. The maximum absolute atomic E-state index is 11.9. The molecule has 1 aromatic carbocycles. The quantitative estimate of drug-likeness (QED) is 0.821. The number of ketones is 1. The Balaban J connectivity index is 0.00000180. The van der Waals surface area contributed by atoms with Crippen LogP contribution in [0.25, 0.3) is 0 Å². The minimum atomic E-state index is -0.0894. The molecular formula is C13H12Cl4N2O. The molecule has 7 heteroatoms. The largest absolute Gasteiger partial charge is 0.377 e. The van der Waals surface area contributed by atoms with Crippen molar-refractivity contribution >= 4 is 59.5 Å². The molecule has 0 atom stereocenters. The summed E-state index contributed by atoms with van der Waals surface area (Å²) >= 11 is 11.7. The Kier molecular flexibility index (Phi) is 8.58. The molecule has 0 saturated carbocycles. The standard InChI is InChI=1S/C13H10Cl2N2O.2ClH/c14-9-1-2-11(12(15)7-9)13(18)8-17-10-3-5-16-6-4-10;;/h1-7H,8H2,(H,16,17);2*1H. The number of nitrogens with zero attached hydrogens (tertiary/aromatic N) is 1. The molecule has 2 rings (SSSR count). The van der Waals surface area contributed by atoms with Crippen LogP contribution < -0.4 is 5.32 Å². The van der Waals surface area contributed by atoms with Crippen molar-refractivity contribution in [1.29, 1.82) is 0 Å². The van der Waals surface area contributed by atoms with Crippen molar-refractivity contribution in [2.24, 2.45) is 0 Å². The maximum atomic E-state index is 11.9. The maximum Gasteiger partial charge on any atom is 0.183 e. The van der Waals surface area contributed by atoms with Gasteiger partial charge in [-0.05, 0) is 30.3 Å². The zero-order chi connectivity index (χ0) is 13.0. The summed E-state index contributed by atoms with van der Waals surface area (Å²) in [6.45, 7) is 0.172. The lowest BCUT2D eigenvalue weighted by Gasteiger charge is -2.06. The predicted octanol–water partition coefficient (Wildman–Crippen LogP) is 4.53. The number of rotatable bonds is 4. The van der Waals surface area contributed by atoms with Crippen molar-refractivity contribution in [3.05, 3.63) is 58.3 Å². The minimum Gasteiger partial charge on any atom is -0.377 e. The first-order chi connectivity index (χ1) is 8.66. The van der Waals surface area contributed by atoms with Crippen molar-refractivity contribution in [3.8, 4) is 0 Å². The van der Waals surface area contributed by atoms with E-state index in [9.17, 15) is 4.79 Å². The van der Waals surface area contributed by atoms with E-state index < -0.39 is 0 Å². The van der Waals surface area contributed by atoms with Crippen LogP contribution in [0.4, 0.5) is 5.69 Å². The normalized spacial score (nSPS) is 9.10. The van der Waals surface area contributed by atoms with E-state index in [-0.39, 0.29) is 37.1 Å². The van der Waals surface area contributed by atoms with E-state index in [4.69, 9.17) is 23.2 Å². The van der Waals surface area contributed by atoms with Crippen LogP contribution in [0.1, 0.15) is 10.4 Å². The number of aromatic nitrogens is 1. The number of Topliss-reactive ketones (excluding diaryl/α,β-unsaturated/α-hetero) is 1. The molecule has 0 saturated heterocycles. The van der Waals surface area contributed by atoms with Crippen LogP contribution in [-0.4, -0.2) is 17.3 Å². The SMILES string of the molecule is Cl.Cl.O=C(CNc1ccncc1)c1ccc(Cl)cc1Cl. The van der Waals surface area contributed by atoms with E-state index in [1.165, 1.54) is 0 Å². The number of carbonyl (C=O) groups excluding carboxylic acids is 1. The third-order valence-electron chi connectivity index (χ3n) is 2.36. The monoisotopic (exact) mass is 352 g/mol. The number of carbonyl (C=O) groups is 1. The molecule has 0 aliphatic rings. The topological polar surface area (TPSA) is 42.0 Å². The van der Waals surface area contributed by atoms with E-state index in [0.29, 0.717) is 15.6 Å². The average Bonchev–Trinajstić information content (AvgIpc) is 2.37. The first-order valence-electron chi connectivity index (χ1n) is 5.29. The number of nitrogens with one attached hydrogen (secondary N) is 1. The molecule has 0 aliphatic heterocycles. The van der Waals surface area contributed by atoms with Crippen molar-refractivity contribution in [1.82, 2.24) is 4.98 Å². The lowest BCUT2D eigenvalue weighted by Crippen LogP contribution is -2.14. The van der Waals surface area contributed by atoms with Crippen LogP contribution in [0.2, 0.25) is 10.0 Å². The molecule has 3 nitrogen and oxygen atoms in total. The highest BCUT2D eigenvalue weighted by atomic mass is 35.5. The smallest absolute Gasteiger partial charge is 0.183 e. The second-order valence-corrected chi connectivity index (χ2v) is 4.48. The highest BCUT2D eigenvalue weighted by Gasteiger charge is 2.10. The van der Waals surface area contributed by atoms with E-state index >= 15 is 0 Å². The number of hydrogen-bond acceptors (Lipinski definition) is 3. The summed E-state index contributed by atoms with van der Waals surface area (Å²) < 4.78 is 0. The van der Waals surface area contributed by atoms with Crippen LogP contribution in [0.3, 0.4) is 0 Å². The first kappa shape index (κ1) is 19.0. The summed E-state index contributed by atoms with van der Waals surface area (Å²) in [6.07, 6.45) is 3.31. The van der Waals surface area contributed by atoms with E-state index in [1.54, 1.807) is 42.7 Å². The van der Waals surface area contributed by atoms with Crippen molar-refractivity contribution in [3.63, 3.8) is 0 Å². The molecule has 0 fully saturated rings. The van der Waals surface area contributed by atoms with Crippen LogP contribution in [0, 0.1) is 0 Å². The molecule has 1 heterocycles. The van der Waals surface area contributed by atoms with E-state index in [1.807, 2.05) is 0 Å². The summed E-state index contributed by atoms with van der Waals surface area (Å²) in [7, 11) is 0. The highest BCUT2D eigenvalue weighted by molar-refractivity contribution is 6.36.